The van der Waals surface area contributed by atoms with Crippen LogP contribution >= 0.6 is 11.3 Å². The smallest absolute Gasteiger partial charge is 0.271 e. The van der Waals surface area contributed by atoms with Gasteiger partial charge in [-0.1, -0.05) is 19.9 Å². The van der Waals surface area contributed by atoms with Crippen LogP contribution in [0, 0.1) is 13.8 Å². The number of hydrogen-bond donors (Lipinski definition) is 1. The van der Waals surface area contributed by atoms with Crippen molar-refractivity contribution in [1.82, 2.24) is 4.31 Å². The van der Waals surface area contributed by atoms with E-state index in [1.165, 1.54) is 22.5 Å². The molecule has 2 aromatic rings. The highest BCUT2D eigenvalue weighted by molar-refractivity contribution is 7.94. The fourth-order valence-corrected chi connectivity index (χ4v) is 6.23. The van der Waals surface area contributed by atoms with Crippen LogP contribution in [-0.2, 0) is 20.0 Å². The number of thiophene rings is 1. The Kier molecular flexibility index (Phi) is 5.93. The van der Waals surface area contributed by atoms with Crippen LogP contribution < -0.4 is 4.72 Å². The monoisotopic (exact) mass is 402 g/mol. The van der Waals surface area contributed by atoms with Crippen molar-refractivity contribution in [2.24, 2.45) is 0 Å². The van der Waals surface area contributed by atoms with Crippen LogP contribution in [-0.4, -0.2) is 34.2 Å². The summed E-state index contributed by atoms with van der Waals surface area (Å²) in [4.78, 5) is 0.955. The normalized spacial score (nSPS) is 12.5. The van der Waals surface area contributed by atoms with Gasteiger partial charge in [-0.25, -0.2) is 16.8 Å². The van der Waals surface area contributed by atoms with E-state index in [0.29, 0.717) is 18.7 Å². The van der Waals surface area contributed by atoms with Gasteiger partial charge in [0, 0.05) is 18.0 Å². The molecule has 2 rings (SSSR count). The first kappa shape index (κ1) is 19.9. The molecule has 0 spiro atoms. The van der Waals surface area contributed by atoms with Crippen molar-refractivity contribution < 1.29 is 16.8 Å². The van der Waals surface area contributed by atoms with E-state index in [-0.39, 0.29) is 14.8 Å². The molecule has 25 heavy (non-hydrogen) atoms. The Morgan fingerprint density at radius 1 is 1.00 bits per heavy atom. The van der Waals surface area contributed by atoms with Crippen molar-refractivity contribution in [3.8, 4) is 0 Å². The molecule has 1 aromatic carbocycles. The Morgan fingerprint density at radius 2 is 1.64 bits per heavy atom. The lowest BCUT2D eigenvalue weighted by Gasteiger charge is -2.19. The van der Waals surface area contributed by atoms with Gasteiger partial charge < -0.3 is 0 Å². The second-order valence-corrected chi connectivity index (χ2v) is 10.7. The van der Waals surface area contributed by atoms with Gasteiger partial charge in [0.2, 0.25) is 10.0 Å². The third kappa shape index (κ3) is 4.22. The highest BCUT2D eigenvalue weighted by atomic mass is 32.2. The summed E-state index contributed by atoms with van der Waals surface area (Å²) in [6.45, 7) is 7.78. The summed E-state index contributed by atoms with van der Waals surface area (Å²) in [7, 11) is -7.40. The maximum absolute atomic E-state index is 12.6. The lowest BCUT2D eigenvalue weighted by molar-refractivity contribution is 0.445. The molecule has 0 saturated carbocycles. The molecular formula is C16H22N2O4S3. The molecule has 0 aliphatic heterocycles. The zero-order valence-electron chi connectivity index (χ0n) is 14.6. The predicted octanol–water partition coefficient (Wildman–Crippen LogP) is 3.20. The maximum Gasteiger partial charge on any atom is 0.271 e. The maximum atomic E-state index is 12.6. The second kappa shape index (κ2) is 7.45. The zero-order valence-corrected chi connectivity index (χ0v) is 17.1. The summed E-state index contributed by atoms with van der Waals surface area (Å²) < 4.78 is 54.4. The molecule has 0 fully saturated rings. The molecule has 0 amide bonds. The van der Waals surface area contributed by atoms with Crippen LogP contribution in [0.4, 0.5) is 5.69 Å². The number of hydrogen-bond acceptors (Lipinski definition) is 5. The summed E-state index contributed by atoms with van der Waals surface area (Å²) in [5, 5.41) is 0. The third-order valence-electron chi connectivity index (χ3n) is 3.78. The van der Waals surface area contributed by atoms with Gasteiger partial charge in [0.05, 0.1) is 10.6 Å². The number of benzene rings is 1. The van der Waals surface area contributed by atoms with E-state index in [4.69, 9.17) is 0 Å². The van der Waals surface area contributed by atoms with Crippen LogP contribution in [0.1, 0.15) is 24.3 Å². The van der Waals surface area contributed by atoms with Crippen molar-refractivity contribution in [3.63, 3.8) is 0 Å². The number of nitrogens with one attached hydrogen (secondary N) is 1. The fourth-order valence-electron chi connectivity index (χ4n) is 2.34. The zero-order chi connectivity index (χ0) is 18.8. The molecule has 0 unspecified atom stereocenters. The molecule has 1 N–H and O–H groups in total. The first-order valence-corrected chi connectivity index (χ1v) is 11.6. The van der Waals surface area contributed by atoms with E-state index in [9.17, 15) is 16.8 Å². The third-order valence-corrected chi connectivity index (χ3v) is 8.68. The van der Waals surface area contributed by atoms with Gasteiger partial charge in [0.25, 0.3) is 10.0 Å². The molecule has 1 aromatic heterocycles. The molecule has 6 nitrogen and oxygen atoms in total. The van der Waals surface area contributed by atoms with Crippen LogP contribution in [0.3, 0.4) is 0 Å². The minimum Gasteiger partial charge on any atom is -0.279 e. The molecule has 138 valence electrons. The number of aryl methyl sites for hydroxylation is 2. The van der Waals surface area contributed by atoms with E-state index in [1.54, 1.807) is 32.9 Å². The van der Waals surface area contributed by atoms with Gasteiger partial charge in [-0.05, 0) is 43.7 Å². The minimum atomic E-state index is -3.75. The van der Waals surface area contributed by atoms with Gasteiger partial charge in [-0.3, -0.25) is 4.72 Å². The van der Waals surface area contributed by atoms with Crippen molar-refractivity contribution in [3.05, 3.63) is 40.8 Å². The molecule has 0 atom stereocenters. The summed E-state index contributed by atoms with van der Waals surface area (Å²) >= 11 is 1.16. The molecule has 0 aliphatic rings. The molecule has 1 heterocycles. The van der Waals surface area contributed by atoms with Gasteiger partial charge in [-0.2, -0.15) is 4.31 Å². The van der Waals surface area contributed by atoms with E-state index in [0.717, 1.165) is 16.2 Å². The van der Waals surface area contributed by atoms with E-state index >= 15 is 0 Å². The molecule has 0 saturated heterocycles. The second-order valence-electron chi connectivity index (χ2n) is 5.54. The average Bonchev–Trinajstić information content (AvgIpc) is 2.97. The first-order valence-electron chi connectivity index (χ1n) is 7.82. The highest BCUT2D eigenvalue weighted by Crippen LogP contribution is 2.27. The largest absolute Gasteiger partial charge is 0.279 e. The van der Waals surface area contributed by atoms with E-state index in [2.05, 4.69) is 4.72 Å². The molecular weight excluding hydrogens is 380 g/mol. The Hall–Kier alpha value is -1.42. The summed E-state index contributed by atoms with van der Waals surface area (Å²) in [5.74, 6) is 0. The SMILES string of the molecule is CCN(CC)S(=O)(=O)c1ccc(C)c(NS(=O)(=O)c2ccc(C)s2)c1. The summed E-state index contributed by atoms with van der Waals surface area (Å²) in [6, 6.07) is 7.74. The van der Waals surface area contributed by atoms with Crippen molar-refractivity contribution in [2.75, 3.05) is 17.8 Å². The van der Waals surface area contributed by atoms with Gasteiger partial charge in [0.1, 0.15) is 4.21 Å². The first-order chi connectivity index (χ1) is 11.6. The number of rotatable bonds is 7. The Labute approximate surface area is 153 Å². The molecule has 0 bridgehead atoms. The van der Waals surface area contributed by atoms with Crippen LogP contribution in [0.15, 0.2) is 39.4 Å². The van der Waals surface area contributed by atoms with Crippen LogP contribution in [0.2, 0.25) is 0 Å². The van der Waals surface area contributed by atoms with Crippen LogP contribution in [0.25, 0.3) is 0 Å². The van der Waals surface area contributed by atoms with Crippen molar-refractivity contribution in [1.29, 1.82) is 0 Å². The number of anilines is 1. The van der Waals surface area contributed by atoms with E-state index in [1.807, 2.05) is 6.92 Å². The number of nitrogens with zero attached hydrogens (tertiary/aromatic N) is 1. The number of sulfonamides is 2. The summed E-state index contributed by atoms with van der Waals surface area (Å²) in [5.41, 5.74) is 0.912. The van der Waals surface area contributed by atoms with Crippen molar-refractivity contribution in [2.45, 2.75) is 36.8 Å². The highest BCUT2D eigenvalue weighted by Gasteiger charge is 2.24. The lowest BCUT2D eigenvalue weighted by Crippen LogP contribution is -2.30. The van der Waals surface area contributed by atoms with Gasteiger partial charge in [-0.15, -0.1) is 11.3 Å². The topological polar surface area (TPSA) is 83.6 Å². The lowest BCUT2D eigenvalue weighted by atomic mass is 10.2. The van der Waals surface area contributed by atoms with Gasteiger partial charge >= 0.3 is 0 Å². The minimum absolute atomic E-state index is 0.0712. The fraction of sp³-hybridized carbons (Fsp3) is 0.375. The molecule has 9 heteroatoms. The Bertz CT molecular complexity index is 959. The predicted molar refractivity (Wildman–Crippen MR) is 101 cm³/mol. The van der Waals surface area contributed by atoms with Gasteiger partial charge in [0.15, 0.2) is 0 Å². The van der Waals surface area contributed by atoms with Crippen molar-refractivity contribution >= 4 is 37.1 Å². The standard InChI is InChI=1S/C16H22N2O4S3/c1-5-18(6-2)25(21,22)14-9-7-12(3)15(11-14)17-24(19,20)16-10-8-13(4)23-16/h7-11,17H,5-6H2,1-4H3. The molecule has 0 aliphatic carbocycles. The van der Waals surface area contributed by atoms with E-state index < -0.39 is 20.0 Å². The Morgan fingerprint density at radius 3 is 2.16 bits per heavy atom. The van der Waals surface area contributed by atoms with Crippen LogP contribution in [0.5, 0.6) is 0 Å². The average molecular weight is 403 g/mol. The Balaban J connectivity index is 2.44. The summed E-state index contributed by atoms with van der Waals surface area (Å²) in [6.07, 6.45) is 0. The quantitative estimate of drug-likeness (QED) is 0.771. The molecule has 0 radical (unpaired) electrons.